The van der Waals surface area contributed by atoms with E-state index in [4.69, 9.17) is 16.3 Å². The molecular weight excluding hydrogens is 340 g/mol. The molecule has 2 aromatic carbocycles. The van der Waals surface area contributed by atoms with Gasteiger partial charge in [0.2, 0.25) is 5.91 Å². The Labute approximate surface area is 152 Å². The predicted octanol–water partition coefficient (Wildman–Crippen LogP) is 3.12. The van der Waals surface area contributed by atoms with Gasteiger partial charge in [-0.25, -0.2) is 0 Å². The van der Waals surface area contributed by atoms with Crippen LogP contribution < -0.4 is 15.6 Å². The summed E-state index contributed by atoms with van der Waals surface area (Å²) in [6, 6.07) is 13.1. The molecule has 0 saturated carbocycles. The lowest BCUT2D eigenvalue weighted by Crippen LogP contribution is -2.43. The molecule has 0 aliphatic carbocycles. The van der Waals surface area contributed by atoms with Crippen LogP contribution in [-0.4, -0.2) is 18.4 Å². The number of amides is 2. The first kappa shape index (κ1) is 18.8. The Kier molecular flexibility index (Phi) is 6.83. The molecule has 0 aromatic heterocycles. The van der Waals surface area contributed by atoms with Crippen LogP contribution in [-0.2, 0) is 16.0 Å². The Hall–Kier alpha value is -2.53. The molecule has 6 heteroatoms. The molecule has 2 N–H and O–H groups in total. The highest BCUT2D eigenvalue weighted by Gasteiger charge is 2.08. The highest BCUT2D eigenvalue weighted by atomic mass is 35.5. The summed E-state index contributed by atoms with van der Waals surface area (Å²) < 4.78 is 5.45. The predicted molar refractivity (Wildman–Crippen MR) is 97.5 cm³/mol. The van der Waals surface area contributed by atoms with E-state index in [1.807, 2.05) is 50.2 Å². The van der Waals surface area contributed by atoms with Gasteiger partial charge < -0.3 is 4.74 Å². The fraction of sp³-hybridized carbons (Fsp3) is 0.263. The molecule has 0 unspecified atom stereocenters. The number of hydrogen-bond acceptors (Lipinski definition) is 3. The van der Waals surface area contributed by atoms with Crippen molar-refractivity contribution in [2.75, 3.05) is 6.61 Å². The number of benzene rings is 2. The van der Waals surface area contributed by atoms with Gasteiger partial charge in [-0.1, -0.05) is 47.5 Å². The van der Waals surface area contributed by atoms with Crippen LogP contribution in [0.4, 0.5) is 0 Å². The summed E-state index contributed by atoms with van der Waals surface area (Å²) in [7, 11) is 0. The highest BCUT2D eigenvalue weighted by Crippen LogP contribution is 2.18. The number of ether oxygens (including phenoxy) is 1. The van der Waals surface area contributed by atoms with Crippen LogP contribution >= 0.6 is 11.6 Å². The first-order valence-electron chi connectivity index (χ1n) is 7.97. The molecule has 0 atom stereocenters. The number of carbonyl (C=O) groups is 2. The number of rotatable bonds is 6. The monoisotopic (exact) mass is 360 g/mol. The molecular formula is C19H21ClN2O3. The molecule has 2 aromatic rings. The van der Waals surface area contributed by atoms with Gasteiger partial charge in [0.05, 0.1) is 0 Å². The zero-order valence-electron chi connectivity index (χ0n) is 14.3. The molecule has 5 nitrogen and oxygen atoms in total. The maximum absolute atomic E-state index is 11.8. The Morgan fingerprint density at radius 2 is 1.76 bits per heavy atom. The van der Waals surface area contributed by atoms with Crippen LogP contribution in [0, 0.1) is 13.8 Å². The number of carbonyl (C=O) groups excluding carboxylic acids is 2. The minimum atomic E-state index is -0.425. The molecule has 0 aliphatic heterocycles. The fourth-order valence-electron chi connectivity index (χ4n) is 2.29. The summed E-state index contributed by atoms with van der Waals surface area (Å²) in [6.07, 6.45) is 0.725. The van der Waals surface area contributed by atoms with E-state index in [2.05, 4.69) is 10.9 Å². The van der Waals surface area contributed by atoms with Gasteiger partial charge >= 0.3 is 0 Å². The van der Waals surface area contributed by atoms with E-state index in [9.17, 15) is 9.59 Å². The molecule has 0 aliphatic rings. The molecule has 132 valence electrons. The summed E-state index contributed by atoms with van der Waals surface area (Å²) in [5.41, 5.74) is 7.68. The number of hydrogen-bond donors (Lipinski definition) is 2. The van der Waals surface area contributed by atoms with Crippen molar-refractivity contribution in [3.05, 3.63) is 64.2 Å². The third kappa shape index (κ3) is 6.12. The summed E-state index contributed by atoms with van der Waals surface area (Å²) in [5, 5.41) is 0.626. The van der Waals surface area contributed by atoms with Gasteiger partial charge in [0, 0.05) is 11.4 Å². The summed E-state index contributed by atoms with van der Waals surface area (Å²) >= 11 is 6.04. The smallest absolute Gasteiger partial charge is 0.276 e. The Morgan fingerprint density at radius 1 is 1.04 bits per heavy atom. The van der Waals surface area contributed by atoms with E-state index in [0.717, 1.165) is 16.7 Å². The average Bonchev–Trinajstić information content (AvgIpc) is 2.58. The molecule has 0 saturated heterocycles. The number of halogens is 1. The number of nitrogens with one attached hydrogen (secondary N) is 2. The van der Waals surface area contributed by atoms with Crippen molar-refractivity contribution in [3.8, 4) is 5.75 Å². The van der Waals surface area contributed by atoms with Crippen molar-refractivity contribution in [3.63, 3.8) is 0 Å². The van der Waals surface area contributed by atoms with Gasteiger partial charge in [-0.05, 0) is 43.5 Å². The summed E-state index contributed by atoms with van der Waals surface area (Å²) in [5.74, 6) is -0.0725. The highest BCUT2D eigenvalue weighted by molar-refractivity contribution is 6.31. The Balaban J connectivity index is 1.70. The van der Waals surface area contributed by atoms with Gasteiger partial charge in [-0.3, -0.25) is 20.4 Å². The van der Waals surface area contributed by atoms with E-state index < -0.39 is 5.91 Å². The summed E-state index contributed by atoms with van der Waals surface area (Å²) in [6.45, 7) is 3.73. The molecule has 2 amide bonds. The van der Waals surface area contributed by atoms with Gasteiger partial charge in [0.1, 0.15) is 5.75 Å². The van der Waals surface area contributed by atoms with Crippen molar-refractivity contribution in [1.82, 2.24) is 10.9 Å². The number of hydrazine groups is 1. The Morgan fingerprint density at radius 3 is 2.48 bits per heavy atom. The van der Waals surface area contributed by atoms with Crippen LogP contribution in [0.3, 0.4) is 0 Å². The molecule has 25 heavy (non-hydrogen) atoms. The van der Waals surface area contributed by atoms with Gasteiger partial charge in [0.25, 0.3) is 5.91 Å². The van der Waals surface area contributed by atoms with Crippen molar-refractivity contribution in [2.24, 2.45) is 0 Å². The zero-order valence-corrected chi connectivity index (χ0v) is 15.0. The van der Waals surface area contributed by atoms with Crippen LogP contribution in [0.1, 0.15) is 23.1 Å². The third-order valence-electron chi connectivity index (χ3n) is 3.61. The Bertz CT molecular complexity index is 762. The van der Waals surface area contributed by atoms with Crippen LogP contribution in [0.15, 0.2) is 42.5 Å². The van der Waals surface area contributed by atoms with E-state index in [-0.39, 0.29) is 18.9 Å². The van der Waals surface area contributed by atoms with Crippen LogP contribution in [0.5, 0.6) is 5.75 Å². The van der Waals surface area contributed by atoms with E-state index >= 15 is 0 Å². The van der Waals surface area contributed by atoms with E-state index in [1.165, 1.54) is 0 Å². The van der Waals surface area contributed by atoms with E-state index in [0.29, 0.717) is 17.2 Å². The second-order valence-corrected chi connectivity index (χ2v) is 6.15. The SMILES string of the molecule is Cc1ccc(OCC(=O)NNC(=O)CCc2ccccc2Cl)c(C)c1. The largest absolute Gasteiger partial charge is 0.483 e. The zero-order chi connectivity index (χ0) is 18.2. The number of aryl methyl sites for hydroxylation is 3. The quantitative estimate of drug-likeness (QED) is 0.778. The van der Waals surface area contributed by atoms with E-state index in [1.54, 1.807) is 6.07 Å². The molecule has 0 heterocycles. The maximum atomic E-state index is 11.8. The first-order chi connectivity index (χ1) is 12.0. The molecule has 0 spiro atoms. The lowest BCUT2D eigenvalue weighted by Gasteiger charge is -2.11. The first-order valence-corrected chi connectivity index (χ1v) is 8.34. The standard InChI is InChI=1S/C19H21ClN2O3/c1-13-7-9-17(14(2)11-13)25-12-19(24)22-21-18(23)10-8-15-5-3-4-6-16(15)20/h3-7,9,11H,8,10,12H2,1-2H3,(H,21,23)(H,22,24). The minimum Gasteiger partial charge on any atom is -0.483 e. The van der Waals surface area contributed by atoms with Crippen molar-refractivity contribution in [2.45, 2.75) is 26.7 Å². The third-order valence-corrected chi connectivity index (χ3v) is 3.98. The van der Waals surface area contributed by atoms with Gasteiger partial charge in [-0.2, -0.15) is 0 Å². The van der Waals surface area contributed by atoms with Crippen molar-refractivity contribution < 1.29 is 14.3 Å². The molecule has 0 bridgehead atoms. The molecule has 0 radical (unpaired) electrons. The lowest BCUT2D eigenvalue weighted by atomic mass is 10.1. The second-order valence-electron chi connectivity index (χ2n) is 5.75. The second kappa shape index (κ2) is 9.08. The lowest BCUT2D eigenvalue weighted by molar-refractivity contribution is -0.130. The van der Waals surface area contributed by atoms with Crippen LogP contribution in [0.2, 0.25) is 5.02 Å². The van der Waals surface area contributed by atoms with Gasteiger partial charge in [-0.15, -0.1) is 0 Å². The van der Waals surface area contributed by atoms with Crippen molar-refractivity contribution >= 4 is 23.4 Å². The fourth-order valence-corrected chi connectivity index (χ4v) is 2.52. The minimum absolute atomic E-state index is 0.172. The molecule has 2 rings (SSSR count). The topological polar surface area (TPSA) is 67.4 Å². The summed E-state index contributed by atoms with van der Waals surface area (Å²) in [4.78, 5) is 23.5. The van der Waals surface area contributed by atoms with Gasteiger partial charge in [0.15, 0.2) is 6.61 Å². The average molecular weight is 361 g/mol. The molecule has 0 fully saturated rings. The maximum Gasteiger partial charge on any atom is 0.276 e. The van der Waals surface area contributed by atoms with Crippen LogP contribution in [0.25, 0.3) is 0 Å². The normalized spacial score (nSPS) is 10.2. The van der Waals surface area contributed by atoms with Crippen molar-refractivity contribution in [1.29, 1.82) is 0 Å².